The van der Waals surface area contributed by atoms with Crippen molar-refractivity contribution >= 4 is 33.4 Å². The SMILES string of the molecule is CC[C@H]1O[C@@H](n2ccc(=O)[nH]c2=O)[C@H](OC(=O)Nc2ccccc2CSSC(C)(C)C)[C@@H]1O. The topological polar surface area (TPSA) is 123 Å². The van der Waals surface area contributed by atoms with Crippen LogP contribution < -0.4 is 16.6 Å². The van der Waals surface area contributed by atoms with E-state index in [0.717, 1.165) is 16.2 Å². The molecule has 1 aliphatic heterocycles. The molecule has 2 heterocycles. The number of aliphatic hydroxyl groups is 1. The van der Waals surface area contributed by atoms with Gasteiger partial charge in [0.15, 0.2) is 12.3 Å². The number of aromatic nitrogens is 2. The van der Waals surface area contributed by atoms with Crippen molar-refractivity contribution < 1.29 is 19.4 Å². The van der Waals surface area contributed by atoms with Crippen LogP contribution in [0.15, 0.2) is 46.1 Å². The predicted molar refractivity (Wildman–Crippen MR) is 131 cm³/mol. The molecule has 0 unspecified atom stereocenters. The van der Waals surface area contributed by atoms with Crippen molar-refractivity contribution in [3.8, 4) is 0 Å². The molecule has 9 nitrogen and oxygen atoms in total. The number of rotatable bonds is 7. The van der Waals surface area contributed by atoms with E-state index in [1.165, 1.54) is 6.20 Å². The van der Waals surface area contributed by atoms with E-state index >= 15 is 0 Å². The first-order valence-electron chi connectivity index (χ1n) is 10.6. The summed E-state index contributed by atoms with van der Waals surface area (Å²) in [6.45, 7) is 8.21. The highest BCUT2D eigenvalue weighted by molar-refractivity contribution is 8.76. The van der Waals surface area contributed by atoms with Crippen molar-refractivity contribution in [3.63, 3.8) is 0 Å². The summed E-state index contributed by atoms with van der Waals surface area (Å²) in [6, 6.07) is 8.57. The maximum atomic E-state index is 12.8. The number of hydrogen-bond donors (Lipinski definition) is 3. The molecular formula is C22H29N3O6S2. The number of H-pyrrole nitrogens is 1. The molecule has 3 rings (SSSR count). The van der Waals surface area contributed by atoms with E-state index in [-0.39, 0.29) is 4.75 Å². The Balaban J connectivity index is 1.74. The number of carbonyl (C=O) groups excluding carboxylic acids is 1. The van der Waals surface area contributed by atoms with Gasteiger partial charge >= 0.3 is 11.8 Å². The normalized spacial score (nSPS) is 22.8. The molecule has 0 aliphatic carbocycles. The minimum absolute atomic E-state index is 0.106. The summed E-state index contributed by atoms with van der Waals surface area (Å²) in [5.41, 5.74) is 0.252. The standard InChI is InChI=1S/C22H29N3O6S2/c1-5-15-17(27)18(19(30-15)25-11-10-16(26)24-20(25)28)31-21(29)23-14-9-7-6-8-13(14)12-32-33-22(2,3)4/h6-11,15,17-19,27H,5,12H2,1-4H3,(H,23,29)(H,24,26,28)/t15-,17-,18-,19-/m1/s1. The number of anilines is 1. The number of aromatic amines is 1. The Morgan fingerprint density at radius 1 is 1.27 bits per heavy atom. The molecule has 4 atom stereocenters. The average molecular weight is 496 g/mol. The minimum atomic E-state index is -1.14. The van der Waals surface area contributed by atoms with Crippen LogP contribution >= 0.6 is 21.6 Å². The summed E-state index contributed by atoms with van der Waals surface area (Å²) in [5.74, 6) is 0.681. The van der Waals surface area contributed by atoms with Crippen LogP contribution in [0.2, 0.25) is 0 Å². The van der Waals surface area contributed by atoms with Gasteiger partial charge in [-0.05, 0) is 18.1 Å². The quantitative estimate of drug-likeness (QED) is 0.499. The molecule has 180 valence electrons. The number of ether oxygens (including phenoxy) is 2. The largest absolute Gasteiger partial charge is 0.438 e. The lowest BCUT2D eigenvalue weighted by molar-refractivity contribution is -0.0428. The first-order valence-corrected chi connectivity index (χ1v) is 12.9. The van der Waals surface area contributed by atoms with E-state index in [9.17, 15) is 19.5 Å². The zero-order valence-corrected chi connectivity index (χ0v) is 20.6. The number of aliphatic hydroxyl groups excluding tert-OH is 1. The Kier molecular flexibility index (Phi) is 8.33. The molecule has 0 saturated carbocycles. The van der Waals surface area contributed by atoms with Gasteiger partial charge in [0.25, 0.3) is 5.56 Å². The molecule has 1 aliphatic rings. The van der Waals surface area contributed by atoms with E-state index in [2.05, 4.69) is 31.1 Å². The van der Waals surface area contributed by atoms with Crippen molar-refractivity contribution in [2.24, 2.45) is 0 Å². The molecule has 1 amide bonds. The smallest absolute Gasteiger partial charge is 0.412 e. The number of nitrogens with zero attached hydrogens (tertiary/aromatic N) is 1. The van der Waals surface area contributed by atoms with Crippen molar-refractivity contribution in [1.82, 2.24) is 9.55 Å². The van der Waals surface area contributed by atoms with Gasteiger partial charge in [-0.25, -0.2) is 9.59 Å². The maximum Gasteiger partial charge on any atom is 0.412 e. The van der Waals surface area contributed by atoms with E-state index in [4.69, 9.17) is 9.47 Å². The fraction of sp³-hybridized carbons (Fsp3) is 0.500. The zero-order chi connectivity index (χ0) is 24.2. The lowest BCUT2D eigenvalue weighted by atomic mass is 10.1. The highest BCUT2D eigenvalue weighted by Crippen LogP contribution is 2.38. The summed E-state index contributed by atoms with van der Waals surface area (Å²) < 4.78 is 12.5. The zero-order valence-electron chi connectivity index (χ0n) is 18.9. The summed E-state index contributed by atoms with van der Waals surface area (Å²) in [7, 11) is 3.44. The van der Waals surface area contributed by atoms with Crippen LogP contribution in [0.25, 0.3) is 0 Å². The monoisotopic (exact) mass is 495 g/mol. The first kappa shape index (κ1) is 25.4. The van der Waals surface area contributed by atoms with Gasteiger partial charge < -0.3 is 14.6 Å². The van der Waals surface area contributed by atoms with Crippen molar-refractivity contribution in [2.45, 2.75) is 69.2 Å². The van der Waals surface area contributed by atoms with Gasteiger partial charge in [0.2, 0.25) is 0 Å². The molecule has 1 aromatic heterocycles. The fourth-order valence-corrected chi connectivity index (χ4v) is 5.74. The molecule has 11 heteroatoms. The number of carbonyl (C=O) groups is 1. The molecule has 1 aromatic carbocycles. The number of nitrogens with one attached hydrogen (secondary N) is 2. The lowest BCUT2D eigenvalue weighted by Crippen LogP contribution is -2.40. The third-order valence-electron chi connectivity index (χ3n) is 4.86. The summed E-state index contributed by atoms with van der Waals surface area (Å²) in [4.78, 5) is 38.6. The maximum absolute atomic E-state index is 12.8. The Bertz CT molecular complexity index is 1080. The number of benzene rings is 1. The Labute approximate surface area is 199 Å². The van der Waals surface area contributed by atoms with Gasteiger partial charge in [-0.15, -0.1) is 0 Å². The van der Waals surface area contributed by atoms with Gasteiger partial charge in [0.1, 0.15) is 6.10 Å². The molecule has 0 spiro atoms. The van der Waals surface area contributed by atoms with Crippen LogP contribution in [0.4, 0.5) is 10.5 Å². The average Bonchev–Trinajstić information content (AvgIpc) is 3.03. The van der Waals surface area contributed by atoms with Crippen molar-refractivity contribution in [2.75, 3.05) is 5.32 Å². The Morgan fingerprint density at radius 3 is 2.67 bits per heavy atom. The molecule has 1 fully saturated rings. The summed E-state index contributed by atoms with van der Waals surface area (Å²) in [5, 5.41) is 13.4. The number of amides is 1. The van der Waals surface area contributed by atoms with Crippen molar-refractivity contribution in [3.05, 3.63) is 62.9 Å². The molecule has 1 saturated heterocycles. The molecule has 0 radical (unpaired) electrons. The summed E-state index contributed by atoms with van der Waals surface area (Å²) >= 11 is 0. The van der Waals surface area contributed by atoms with Gasteiger partial charge in [0.05, 0.1) is 6.10 Å². The number of hydrogen-bond acceptors (Lipinski definition) is 8. The van der Waals surface area contributed by atoms with Gasteiger partial charge in [0, 0.05) is 28.5 Å². The second-order valence-electron chi connectivity index (χ2n) is 8.59. The van der Waals surface area contributed by atoms with Crippen LogP contribution in [-0.2, 0) is 15.2 Å². The third-order valence-corrected chi connectivity index (χ3v) is 8.11. The van der Waals surface area contributed by atoms with Gasteiger partial charge in [-0.2, -0.15) is 0 Å². The summed E-state index contributed by atoms with van der Waals surface area (Å²) in [6.07, 6.45) is -3.07. The van der Waals surface area contributed by atoms with Crippen LogP contribution in [0, 0.1) is 0 Å². The second kappa shape index (κ2) is 10.8. The molecule has 3 N–H and O–H groups in total. The van der Waals surface area contributed by atoms with Crippen LogP contribution in [0.5, 0.6) is 0 Å². The lowest BCUT2D eigenvalue weighted by Gasteiger charge is -2.22. The Morgan fingerprint density at radius 2 is 2.00 bits per heavy atom. The molecule has 2 aromatic rings. The van der Waals surface area contributed by atoms with Crippen LogP contribution in [0.3, 0.4) is 0 Å². The minimum Gasteiger partial charge on any atom is -0.438 e. The van der Waals surface area contributed by atoms with Crippen molar-refractivity contribution in [1.29, 1.82) is 0 Å². The third kappa shape index (κ3) is 6.66. The fourth-order valence-electron chi connectivity index (χ4n) is 3.34. The van der Waals surface area contributed by atoms with E-state index < -0.39 is 41.9 Å². The van der Waals surface area contributed by atoms with Crippen LogP contribution in [-0.4, -0.2) is 43.8 Å². The predicted octanol–water partition coefficient (Wildman–Crippen LogP) is 3.50. The highest BCUT2D eigenvalue weighted by atomic mass is 33.1. The highest BCUT2D eigenvalue weighted by Gasteiger charge is 2.47. The number of para-hydroxylation sites is 1. The van der Waals surface area contributed by atoms with E-state index in [1.807, 2.05) is 25.1 Å². The second-order valence-corrected chi connectivity index (χ2v) is 11.7. The molecule has 33 heavy (non-hydrogen) atoms. The van der Waals surface area contributed by atoms with E-state index in [0.29, 0.717) is 17.9 Å². The Hall–Kier alpha value is -2.21. The van der Waals surface area contributed by atoms with Gasteiger partial charge in [-0.3, -0.25) is 19.7 Å². The molecule has 0 bridgehead atoms. The van der Waals surface area contributed by atoms with Gasteiger partial charge in [-0.1, -0.05) is 67.5 Å². The van der Waals surface area contributed by atoms with Crippen LogP contribution in [0.1, 0.15) is 45.9 Å². The first-order chi connectivity index (χ1) is 15.6. The van der Waals surface area contributed by atoms with E-state index in [1.54, 1.807) is 27.7 Å². The molecular weight excluding hydrogens is 466 g/mol.